The van der Waals surface area contributed by atoms with Crippen molar-refractivity contribution in [1.29, 1.82) is 5.26 Å². The summed E-state index contributed by atoms with van der Waals surface area (Å²) < 4.78 is 16.8. The van der Waals surface area contributed by atoms with Gasteiger partial charge >= 0.3 is 0 Å². The number of aliphatic hydroxyl groups is 1. The number of nitriles is 1. The van der Waals surface area contributed by atoms with Crippen LogP contribution in [0.2, 0.25) is 5.02 Å². The average Bonchev–Trinajstić information content (AvgIpc) is 3.23. The lowest BCUT2D eigenvalue weighted by molar-refractivity contribution is -0.122. The number of imidazole rings is 1. The topological polar surface area (TPSA) is 155 Å². The molecule has 5 N–H and O–H groups in total. The van der Waals surface area contributed by atoms with Crippen molar-refractivity contribution in [3.8, 4) is 6.07 Å². The lowest BCUT2D eigenvalue weighted by Crippen LogP contribution is -2.30. The van der Waals surface area contributed by atoms with E-state index in [2.05, 4.69) is 20.6 Å². The Hall–Kier alpha value is -3.49. The van der Waals surface area contributed by atoms with Gasteiger partial charge in [0.25, 0.3) is 0 Å². The molecule has 37 heavy (non-hydrogen) atoms. The minimum atomic E-state index is -0.676. The molecule has 10 nitrogen and oxygen atoms in total. The van der Waals surface area contributed by atoms with Crippen LogP contribution in [-0.2, 0) is 4.79 Å². The number of rotatable bonds is 6. The smallest absolute Gasteiger partial charge is 0.224 e. The number of nitrogens with zero attached hydrogens (tertiary/aromatic N) is 5. The fraction of sp³-hybridized carbons (Fsp3) is 0.480. The van der Waals surface area contributed by atoms with Crippen molar-refractivity contribution in [2.75, 3.05) is 10.6 Å². The van der Waals surface area contributed by atoms with Gasteiger partial charge in [0, 0.05) is 18.0 Å². The van der Waals surface area contributed by atoms with Crippen LogP contribution in [0.1, 0.15) is 63.0 Å². The Morgan fingerprint density at radius 1 is 1.22 bits per heavy atom. The molecule has 2 atom stereocenters. The summed E-state index contributed by atoms with van der Waals surface area (Å²) >= 11 is 6.30. The van der Waals surface area contributed by atoms with Crippen molar-refractivity contribution >= 4 is 46.3 Å². The second-order valence-electron chi connectivity index (χ2n) is 9.83. The minimum absolute atomic E-state index is 0.00513. The number of carbonyl (C=O) groups excluding carboxylic acids is 1. The Balaban J connectivity index is 1.52. The van der Waals surface area contributed by atoms with Gasteiger partial charge in [-0.1, -0.05) is 11.6 Å². The number of aromatic nitrogens is 4. The molecule has 1 aromatic carbocycles. The van der Waals surface area contributed by atoms with E-state index in [-0.39, 0.29) is 46.3 Å². The van der Waals surface area contributed by atoms with Crippen LogP contribution in [0, 0.1) is 23.1 Å². The highest BCUT2D eigenvalue weighted by molar-refractivity contribution is 6.33. The molecule has 2 saturated carbocycles. The highest BCUT2D eigenvalue weighted by Crippen LogP contribution is 2.38. The molecular formula is C25H28ClFN8O2. The van der Waals surface area contributed by atoms with Gasteiger partial charge in [-0.3, -0.25) is 9.36 Å². The molecule has 0 bridgehead atoms. The highest BCUT2D eigenvalue weighted by atomic mass is 35.5. The van der Waals surface area contributed by atoms with Gasteiger partial charge in [-0.25, -0.2) is 14.4 Å². The van der Waals surface area contributed by atoms with Crippen molar-refractivity contribution in [1.82, 2.24) is 19.5 Å². The summed E-state index contributed by atoms with van der Waals surface area (Å²) in [6.45, 7) is 0. The highest BCUT2D eigenvalue weighted by Gasteiger charge is 2.30. The van der Waals surface area contributed by atoms with E-state index in [1.54, 1.807) is 6.20 Å². The summed E-state index contributed by atoms with van der Waals surface area (Å²) in [5, 5.41) is 25.5. The Morgan fingerprint density at radius 3 is 2.68 bits per heavy atom. The molecule has 12 heteroatoms. The third-order valence-electron chi connectivity index (χ3n) is 7.28. The molecule has 3 aromatic rings. The zero-order chi connectivity index (χ0) is 26.1. The summed E-state index contributed by atoms with van der Waals surface area (Å²) in [5.41, 5.74) is 6.72. The SMILES string of the molecule is N#Cc1cc(F)c(Nc2nc3cnc(N[C@H]4CCC[C@H](O)C4)nc3n2C2CCC(C(N)=O)CC2)c(Cl)c1. The first-order chi connectivity index (χ1) is 17.8. The second kappa shape index (κ2) is 10.5. The maximum Gasteiger partial charge on any atom is 0.224 e. The number of hydrogen-bond acceptors (Lipinski definition) is 8. The Labute approximate surface area is 218 Å². The summed E-state index contributed by atoms with van der Waals surface area (Å²) in [7, 11) is 0. The maximum atomic E-state index is 14.9. The number of anilines is 3. The van der Waals surface area contributed by atoms with Crippen molar-refractivity contribution in [3.05, 3.63) is 34.7 Å². The van der Waals surface area contributed by atoms with E-state index in [1.165, 1.54) is 6.07 Å². The first-order valence-electron chi connectivity index (χ1n) is 12.5. The molecule has 0 saturated heterocycles. The molecule has 194 valence electrons. The molecule has 0 spiro atoms. The summed E-state index contributed by atoms with van der Waals surface area (Å²) in [6.07, 6.45) is 7.11. The number of halogens is 2. The van der Waals surface area contributed by atoms with Gasteiger partial charge in [0.1, 0.15) is 11.3 Å². The van der Waals surface area contributed by atoms with E-state index in [4.69, 9.17) is 27.6 Å². The predicted molar refractivity (Wildman–Crippen MR) is 137 cm³/mol. The third-order valence-corrected chi connectivity index (χ3v) is 7.58. The fourth-order valence-corrected chi connectivity index (χ4v) is 5.61. The van der Waals surface area contributed by atoms with E-state index in [9.17, 15) is 14.3 Å². The fourth-order valence-electron chi connectivity index (χ4n) is 5.36. The molecule has 2 aromatic heterocycles. The normalized spacial score (nSPS) is 23.9. The van der Waals surface area contributed by atoms with Crippen molar-refractivity contribution in [2.45, 2.75) is 69.6 Å². The zero-order valence-corrected chi connectivity index (χ0v) is 20.9. The van der Waals surface area contributed by atoms with E-state index in [0.717, 1.165) is 25.3 Å². The van der Waals surface area contributed by atoms with Crippen LogP contribution < -0.4 is 16.4 Å². The number of benzene rings is 1. The quantitative estimate of drug-likeness (QED) is 0.373. The number of primary amides is 1. The molecule has 0 aliphatic heterocycles. The minimum Gasteiger partial charge on any atom is -0.393 e. The van der Waals surface area contributed by atoms with E-state index < -0.39 is 5.82 Å². The van der Waals surface area contributed by atoms with Crippen molar-refractivity contribution in [3.63, 3.8) is 0 Å². The van der Waals surface area contributed by atoms with E-state index in [0.29, 0.717) is 55.2 Å². The van der Waals surface area contributed by atoms with Gasteiger partial charge in [-0.2, -0.15) is 10.2 Å². The number of amides is 1. The van der Waals surface area contributed by atoms with E-state index >= 15 is 0 Å². The number of hydrogen-bond donors (Lipinski definition) is 4. The first kappa shape index (κ1) is 25.2. The molecule has 0 unspecified atom stereocenters. The standard InChI is InChI=1S/C25H28ClFN8O2/c26-18-8-13(11-28)9-19(27)21(18)33-25-32-20-12-30-24(31-15-2-1-3-17(36)10-15)34-23(20)35(25)16-6-4-14(5-7-16)22(29)37/h8-9,12,14-17,36H,1-7,10H2,(H2,29,37)(H,32,33)(H,30,31,34)/t14?,15-,16?,17-/m0/s1. The molecule has 2 aliphatic rings. The van der Waals surface area contributed by atoms with Crippen LogP contribution in [-0.4, -0.2) is 42.7 Å². The summed E-state index contributed by atoms with van der Waals surface area (Å²) in [5.74, 6) is -0.403. The number of nitrogens with one attached hydrogen (secondary N) is 2. The van der Waals surface area contributed by atoms with Gasteiger partial charge < -0.3 is 21.5 Å². The Morgan fingerprint density at radius 2 is 2.00 bits per heavy atom. The number of fused-ring (bicyclic) bond motifs is 1. The van der Waals surface area contributed by atoms with Gasteiger partial charge in [-0.05, 0) is 63.5 Å². The third kappa shape index (κ3) is 5.31. The monoisotopic (exact) mass is 526 g/mol. The predicted octanol–water partition coefficient (Wildman–Crippen LogP) is 4.17. The zero-order valence-electron chi connectivity index (χ0n) is 20.1. The summed E-state index contributed by atoms with van der Waals surface area (Å²) in [4.78, 5) is 25.5. The van der Waals surface area contributed by atoms with Gasteiger partial charge in [0.05, 0.1) is 34.6 Å². The number of carbonyl (C=O) groups is 1. The van der Waals surface area contributed by atoms with Crippen LogP contribution in [0.5, 0.6) is 0 Å². The molecule has 0 radical (unpaired) electrons. The van der Waals surface area contributed by atoms with Crippen LogP contribution in [0.3, 0.4) is 0 Å². The van der Waals surface area contributed by atoms with E-state index in [1.807, 2.05) is 10.6 Å². The largest absolute Gasteiger partial charge is 0.393 e. The molecule has 1 amide bonds. The molecule has 2 aliphatic carbocycles. The van der Waals surface area contributed by atoms with Gasteiger partial charge in [-0.15, -0.1) is 0 Å². The van der Waals surface area contributed by atoms with Crippen LogP contribution in [0.4, 0.5) is 22.0 Å². The lowest BCUT2D eigenvalue weighted by atomic mass is 9.85. The molecule has 5 rings (SSSR count). The van der Waals surface area contributed by atoms with Gasteiger partial charge in [0.15, 0.2) is 5.65 Å². The van der Waals surface area contributed by atoms with Crippen molar-refractivity contribution < 1.29 is 14.3 Å². The molecule has 2 fully saturated rings. The maximum absolute atomic E-state index is 14.9. The van der Waals surface area contributed by atoms with Crippen LogP contribution in [0.15, 0.2) is 18.3 Å². The number of nitrogens with two attached hydrogens (primary N) is 1. The second-order valence-corrected chi connectivity index (χ2v) is 10.2. The Kier molecular flexibility index (Phi) is 7.13. The van der Waals surface area contributed by atoms with Crippen LogP contribution in [0.25, 0.3) is 11.2 Å². The number of aliphatic hydroxyl groups excluding tert-OH is 1. The van der Waals surface area contributed by atoms with Crippen LogP contribution >= 0.6 is 11.6 Å². The Bertz CT molecular complexity index is 1340. The summed E-state index contributed by atoms with van der Waals surface area (Å²) in [6, 6.07) is 4.38. The average molecular weight is 527 g/mol. The molecular weight excluding hydrogens is 499 g/mol. The lowest BCUT2D eigenvalue weighted by Gasteiger charge is -2.29. The first-order valence-corrected chi connectivity index (χ1v) is 12.8. The van der Waals surface area contributed by atoms with Crippen molar-refractivity contribution in [2.24, 2.45) is 11.7 Å². The molecule has 2 heterocycles. The van der Waals surface area contributed by atoms with Gasteiger partial charge in [0.2, 0.25) is 17.8 Å².